The minimum absolute atomic E-state index is 0.132. The Morgan fingerprint density at radius 1 is 1.28 bits per heavy atom. The molecule has 32 heavy (non-hydrogen) atoms. The summed E-state index contributed by atoms with van der Waals surface area (Å²) in [6.07, 6.45) is 6.69. The number of ether oxygens (including phenoxy) is 1. The largest absolute Gasteiger partial charge is 0.487 e. The fourth-order valence-corrected chi connectivity index (χ4v) is 4.47. The van der Waals surface area contributed by atoms with Crippen LogP contribution < -0.4 is 10.3 Å². The fraction of sp³-hybridized carbons (Fsp3) is 0.348. The molecular formula is C23H23BrN4O4. The van der Waals surface area contributed by atoms with Crippen LogP contribution in [0.1, 0.15) is 56.3 Å². The fourth-order valence-electron chi connectivity index (χ4n) is 4.11. The van der Waals surface area contributed by atoms with E-state index in [9.17, 15) is 14.9 Å². The number of benzene rings is 2. The number of nitrogens with zero attached hydrogens (tertiary/aromatic N) is 4. The van der Waals surface area contributed by atoms with E-state index in [-0.39, 0.29) is 29.5 Å². The Hall–Kier alpha value is -3.07. The monoisotopic (exact) mass is 498 g/mol. The van der Waals surface area contributed by atoms with Gasteiger partial charge in [-0.25, -0.2) is 4.98 Å². The van der Waals surface area contributed by atoms with Gasteiger partial charge in [0, 0.05) is 22.0 Å². The Balaban J connectivity index is 1.87. The lowest BCUT2D eigenvalue weighted by atomic mass is 9.88. The van der Waals surface area contributed by atoms with Gasteiger partial charge in [-0.05, 0) is 44.0 Å². The molecule has 3 aromatic rings. The summed E-state index contributed by atoms with van der Waals surface area (Å²) in [7, 11) is 0. The summed E-state index contributed by atoms with van der Waals surface area (Å²) in [6, 6.07) is 10.1. The van der Waals surface area contributed by atoms with Gasteiger partial charge in [0.25, 0.3) is 5.56 Å². The molecule has 0 N–H and O–H groups in total. The van der Waals surface area contributed by atoms with E-state index in [1.807, 2.05) is 12.1 Å². The normalized spacial score (nSPS) is 14.8. The number of nitro groups is 1. The zero-order chi connectivity index (χ0) is 22.7. The molecule has 1 aromatic heterocycles. The Kier molecular flexibility index (Phi) is 6.64. The molecule has 4 rings (SSSR count). The van der Waals surface area contributed by atoms with Crippen molar-refractivity contribution in [2.24, 2.45) is 5.10 Å². The summed E-state index contributed by atoms with van der Waals surface area (Å²) >= 11 is 3.42. The summed E-state index contributed by atoms with van der Waals surface area (Å²) in [5.74, 6) is 0.898. The van der Waals surface area contributed by atoms with Crippen molar-refractivity contribution in [3.8, 4) is 5.75 Å². The van der Waals surface area contributed by atoms with E-state index in [0.717, 1.165) is 30.2 Å². The summed E-state index contributed by atoms with van der Waals surface area (Å²) < 4.78 is 7.66. The topological polar surface area (TPSA) is 99.6 Å². The van der Waals surface area contributed by atoms with Crippen LogP contribution in [0.3, 0.4) is 0 Å². The first kappa shape index (κ1) is 22.1. The molecule has 0 radical (unpaired) electrons. The Bertz CT molecular complexity index is 1250. The van der Waals surface area contributed by atoms with Crippen LogP contribution >= 0.6 is 15.9 Å². The van der Waals surface area contributed by atoms with E-state index >= 15 is 0 Å². The van der Waals surface area contributed by atoms with Crippen LogP contribution in [-0.4, -0.2) is 27.4 Å². The highest BCUT2D eigenvalue weighted by atomic mass is 79.9. The van der Waals surface area contributed by atoms with Gasteiger partial charge in [0.1, 0.15) is 5.82 Å². The highest BCUT2D eigenvalue weighted by Crippen LogP contribution is 2.33. The van der Waals surface area contributed by atoms with Crippen LogP contribution in [-0.2, 0) is 0 Å². The molecular weight excluding hydrogens is 476 g/mol. The molecule has 0 bridgehead atoms. The van der Waals surface area contributed by atoms with Crippen molar-refractivity contribution in [1.29, 1.82) is 0 Å². The molecule has 1 fully saturated rings. The Morgan fingerprint density at radius 3 is 2.78 bits per heavy atom. The lowest BCUT2D eigenvalue weighted by molar-refractivity contribution is -0.385. The van der Waals surface area contributed by atoms with Gasteiger partial charge in [-0.2, -0.15) is 9.78 Å². The van der Waals surface area contributed by atoms with Crippen molar-refractivity contribution in [2.75, 3.05) is 6.61 Å². The number of halogens is 1. The van der Waals surface area contributed by atoms with Crippen molar-refractivity contribution in [3.63, 3.8) is 0 Å². The molecule has 1 aliphatic carbocycles. The Labute approximate surface area is 193 Å². The lowest BCUT2D eigenvalue weighted by Crippen LogP contribution is -2.25. The second-order valence-electron chi connectivity index (χ2n) is 7.71. The van der Waals surface area contributed by atoms with Crippen LogP contribution in [0.25, 0.3) is 10.9 Å². The smallest absolute Gasteiger partial charge is 0.311 e. The zero-order valence-electron chi connectivity index (χ0n) is 17.7. The number of para-hydroxylation sites is 1. The summed E-state index contributed by atoms with van der Waals surface area (Å²) in [4.78, 5) is 29.1. The van der Waals surface area contributed by atoms with Gasteiger partial charge < -0.3 is 4.74 Å². The number of hydrogen-bond donors (Lipinski definition) is 0. The Morgan fingerprint density at radius 2 is 2.06 bits per heavy atom. The van der Waals surface area contributed by atoms with Gasteiger partial charge in [0.05, 0.1) is 28.6 Å². The van der Waals surface area contributed by atoms with Crippen molar-refractivity contribution in [1.82, 2.24) is 9.66 Å². The molecule has 1 saturated carbocycles. The minimum atomic E-state index is -0.489. The average Bonchev–Trinajstić information content (AvgIpc) is 2.80. The number of nitro benzene ring substituents is 1. The molecule has 166 valence electrons. The number of hydrogen-bond acceptors (Lipinski definition) is 6. The van der Waals surface area contributed by atoms with Crippen LogP contribution in [0.2, 0.25) is 0 Å². The minimum Gasteiger partial charge on any atom is -0.487 e. The van der Waals surface area contributed by atoms with Gasteiger partial charge in [-0.3, -0.25) is 14.9 Å². The number of rotatable bonds is 6. The molecule has 0 unspecified atom stereocenters. The van der Waals surface area contributed by atoms with E-state index in [4.69, 9.17) is 9.72 Å². The third-order valence-electron chi connectivity index (χ3n) is 5.63. The molecule has 1 aliphatic rings. The molecule has 8 nitrogen and oxygen atoms in total. The molecule has 0 aliphatic heterocycles. The van der Waals surface area contributed by atoms with Gasteiger partial charge in [-0.1, -0.05) is 41.3 Å². The van der Waals surface area contributed by atoms with Crippen LogP contribution in [0, 0.1) is 10.1 Å². The van der Waals surface area contributed by atoms with Crippen molar-refractivity contribution in [2.45, 2.75) is 44.9 Å². The van der Waals surface area contributed by atoms with E-state index in [1.54, 1.807) is 25.1 Å². The van der Waals surface area contributed by atoms with Crippen molar-refractivity contribution < 1.29 is 9.66 Å². The first-order valence-corrected chi connectivity index (χ1v) is 11.5. The standard InChI is InChI=1S/C23H23BrN4O4/c1-2-32-21-16(9-6-10-20(21)28(30)31)14-25-27-22(15-7-4-3-5-8-15)26-19-12-11-17(24)13-18(19)23(27)29/h6,9-15H,2-5,7-8H2,1H3. The SMILES string of the molecule is CCOc1c(C=Nn2c(C3CCCCC3)nc3ccc(Br)cc3c2=O)cccc1[N+](=O)[O-]. The number of fused-ring (bicyclic) bond motifs is 1. The van der Waals surface area contributed by atoms with Gasteiger partial charge in [-0.15, -0.1) is 0 Å². The molecule has 0 spiro atoms. The quantitative estimate of drug-likeness (QED) is 0.257. The van der Waals surface area contributed by atoms with Crippen LogP contribution in [0.4, 0.5) is 5.69 Å². The van der Waals surface area contributed by atoms with Crippen LogP contribution in [0.15, 0.2) is 50.8 Å². The summed E-state index contributed by atoms with van der Waals surface area (Å²) in [5.41, 5.74) is 0.653. The lowest BCUT2D eigenvalue weighted by Gasteiger charge is -2.22. The van der Waals surface area contributed by atoms with Gasteiger partial charge in [0.15, 0.2) is 0 Å². The zero-order valence-corrected chi connectivity index (χ0v) is 19.2. The predicted molar refractivity (Wildman–Crippen MR) is 127 cm³/mol. The van der Waals surface area contributed by atoms with E-state index in [2.05, 4.69) is 21.0 Å². The third-order valence-corrected chi connectivity index (χ3v) is 6.12. The van der Waals surface area contributed by atoms with E-state index in [1.165, 1.54) is 23.4 Å². The summed E-state index contributed by atoms with van der Waals surface area (Å²) in [6.45, 7) is 2.03. The highest BCUT2D eigenvalue weighted by molar-refractivity contribution is 9.10. The molecule has 2 aromatic carbocycles. The highest BCUT2D eigenvalue weighted by Gasteiger charge is 2.23. The average molecular weight is 499 g/mol. The molecule has 0 amide bonds. The van der Waals surface area contributed by atoms with Crippen molar-refractivity contribution >= 4 is 38.7 Å². The third kappa shape index (κ3) is 4.43. The van der Waals surface area contributed by atoms with E-state index in [0.29, 0.717) is 22.3 Å². The maximum absolute atomic E-state index is 13.4. The molecule has 1 heterocycles. The first-order valence-electron chi connectivity index (χ1n) is 10.7. The second kappa shape index (κ2) is 9.60. The first-order chi connectivity index (χ1) is 15.5. The van der Waals surface area contributed by atoms with Gasteiger partial charge in [0.2, 0.25) is 5.75 Å². The predicted octanol–water partition coefficient (Wildman–Crippen LogP) is 5.40. The molecule has 9 heteroatoms. The number of aromatic nitrogens is 2. The summed E-state index contributed by atoms with van der Waals surface area (Å²) in [5, 5.41) is 16.4. The van der Waals surface area contributed by atoms with E-state index < -0.39 is 4.92 Å². The van der Waals surface area contributed by atoms with Crippen LogP contribution in [0.5, 0.6) is 5.75 Å². The maximum atomic E-state index is 13.4. The molecule has 0 atom stereocenters. The van der Waals surface area contributed by atoms with Crippen molar-refractivity contribution in [3.05, 3.63) is 72.7 Å². The molecule has 0 saturated heterocycles. The second-order valence-corrected chi connectivity index (χ2v) is 8.63. The van der Waals surface area contributed by atoms with Gasteiger partial charge >= 0.3 is 5.69 Å². The maximum Gasteiger partial charge on any atom is 0.311 e.